The van der Waals surface area contributed by atoms with E-state index in [9.17, 15) is 0 Å². The maximum absolute atomic E-state index is 4.32. The monoisotopic (exact) mass is 405 g/mol. The fraction of sp³-hybridized carbons (Fsp3) is 0.231. The maximum atomic E-state index is 4.32. The van der Waals surface area contributed by atoms with Crippen LogP contribution in [0.15, 0.2) is 30.5 Å². The molecule has 0 aliphatic carbocycles. The van der Waals surface area contributed by atoms with Gasteiger partial charge in [0.1, 0.15) is 0 Å². The molecule has 0 saturated carbocycles. The van der Waals surface area contributed by atoms with Crippen molar-refractivity contribution in [2.45, 2.75) is 20.8 Å². The van der Waals surface area contributed by atoms with Crippen LogP contribution in [0.1, 0.15) is 26.3 Å². The van der Waals surface area contributed by atoms with E-state index in [1.54, 1.807) is 0 Å². The SMILES string of the molecule is CC.C[CH-]c1ccc2ncc(P)cc2c1.[Re]. The minimum atomic E-state index is 0. The van der Waals surface area contributed by atoms with Crippen molar-refractivity contribution in [1.82, 2.24) is 4.98 Å². The Morgan fingerprint density at radius 2 is 1.88 bits per heavy atom. The molecule has 1 unspecified atom stereocenters. The van der Waals surface area contributed by atoms with Crippen molar-refractivity contribution < 1.29 is 20.4 Å². The normalized spacial score (nSPS) is 8.75. The number of nitrogens with zero attached hydrogens (tertiary/aromatic N) is 1. The predicted octanol–water partition coefficient (Wildman–Crippen LogP) is 3.33. The van der Waals surface area contributed by atoms with Gasteiger partial charge in [-0.15, -0.1) is 9.24 Å². The average molecular weight is 404 g/mol. The van der Waals surface area contributed by atoms with Crippen molar-refractivity contribution >= 4 is 25.4 Å². The molecule has 1 aromatic carbocycles. The number of fused-ring (bicyclic) bond motifs is 1. The first kappa shape index (κ1) is 15.6. The Kier molecular flexibility index (Phi) is 7.60. The zero-order chi connectivity index (χ0) is 11.3. The van der Waals surface area contributed by atoms with E-state index < -0.39 is 0 Å². The Balaban J connectivity index is 0.000000711. The summed E-state index contributed by atoms with van der Waals surface area (Å²) in [6.45, 7) is 6.04. The van der Waals surface area contributed by atoms with Gasteiger partial charge in [-0.25, -0.2) is 0 Å². The molecule has 1 nitrogen and oxygen atoms in total. The van der Waals surface area contributed by atoms with Gasteiger partial charge in [-0.1, -0.05) is 38.3 Å². The van der Waals surface area contributed by atoms with Crippen molar-refractivity contribution in [1.29, 1.82) is 0 Å². The molecule has 16 heavy (non-hydrogen) atoms. The van der Waals surface area contributed by atoms with Crippen LogP contribution in [-0.4, -0.2) is 4.98 Å². The number of pyridine rings is 1. The van der Waals surface area contributed by atoms with Crippen molar-refractivity contribution in [3.8, 4) is 0 Å². The van der Waals surface area contributed by atoms with Gasteiger partial charge in [0.15, 0.2) is 0 Å². The molecule has 2 aromatic rings. The zero-order valence-electron chi connectivity index (χ0n) is 9.87. The number of hydrogen-bond donors (Lipinski definition) is 0. The van der Waals surface area contributed by atoms with Crippen LogP contribution in [-0.2, 0) is 20.4 Å². The largest absolute Gasteiger partial charge is 0.258 e. The van der Waals surface area contributed by atoms with Crippen LogP contribution in [0.4, 0.5) is 0 Å². The Morgan fingerprint density at radius 1 is 1.19 bits per heavy atom. The summed E-state index contributed by atoms with van der Waals surface area (Å²) in [6, 6.07) is 8.41. The molecule has 0 saturated heterocycles. The molecule has 0 N–H and O–H groups in total. The third-order valence-corrected chi connectivity index (χ3v) is 2.38. The molecule has 0 aliphatic heterocycles. The summed E-state index contributed by atoms with van der Waals surface area (Å²) in [4.78, 5) is 4.32. The van der Waals surface area contributed by atoms with Crippen LogP contribution < -0.4 is 5.30 Å². The van der Waals surface area contributed by atoms with Crippen LogP contribution >= 0.6 is 9.24 Å². The third-order valence-electron chi connectivity index (χ3n) is 2.06. The standard InChI is InChI=1S/C11H11NP.C2H6.Re/c1-2-8-3-4-11-9(5-8)6-10(13)7-12-11;1-2;/h2-7H,13H2,1H3;1-2H3;/q-1;;. The van der Waals surface area contributed by atoms with Crippen molar-refractivity contribution in [2.24, 2.45) is 0 Å². The van der Waals surface area contributed by atoms with Crippen molar-refractivity contribution in [3.05, 3.63) is 42.4 Å². The van der Waals surface area contributed by atoms with E-state index in [-0.39, 0.29) is 20.4 Å². The van der Waals surface area contributed by atoms with Crippen molar-refractivity contribution in [2.75, 3.05) is 0 Å². The first-order chi connectivity index (χ1) is 7.29. The summed E-state index contributed by atoms with van der Waals surface area (Å²) in [5.74, 6) is 0. The summed E-state index contributed by atoms with van der Waals surface area (Å²) < 4.78 is 0. The molecule has 0 amide bonds. The predicted molar refractivity (Wildman–Crippen MR) is 71.5 cm³/mol. The Hall–Kier alpha value is -0.408. The van der Waals surface area contributed by atoms with E-state index in [0.717, 1.165) is 10.8 Å². The number of rotatable bonds is 1. The fourth-order valence-electron chi connectivity index (χ4n) is 1.35. The molecule has 0 aliphatic rings. The minimum absolute atomic E-state index is 0. The molecule has 2 rings (SSSR count). The second-order valence-corrected chi connectivity index (χ2v) is 3.68. The maximum Gasteiger partial charge on any atom is 0.0460 e. The molecule has 0 fully saturated rings. The number of aromatic nitrogens is 1. The molecular weight excluding hydrogens is 387 g/mol. The first-order valence-corrected chi connectivity index (χ1v) is 5.82. The molecule has 1 atom stereocenters. The van der Waals surface area contributed by atoms with Crippen LogP contribution in [0, 0.1) is 6.42 Å². The van der Waals surface area contributed by atoms with E-state index in [0.29, 0.717) is 0 Å². The first-order valence-electron chi connectivity index (χ1n) is 5.24. The smallest absolute Gasteiger partial charge is 0.0460 e. The van der Waals surface area contributed by atoms with Gasteiger partial charge in [-0.2, -0.15) is 24.1 Å². The average Bonchev–Trinajstić information content (AvgIpc) is 2.30. The van der Waals surface area contributed by atoms with E-state index in [1.165, 1.54) is 10.9 Å². The number of hydrogen-bond acceptors (Lipinski definition) is 1. The second-order valence-electron chi connectivity index (χ2n) is 3.01. The van der Waals surface area contributed by atoms with Gasteiger partial charge in [0.05, 0.1) is 0 Å². The summed E-state index contributed by atoms with van der Waals surface area (Å²) in [7, 11) is 2.66. The second kappa shape index (κ2) is 7.80. The van der Waals surface area contributed by atoms with Gasteiger partial charge in [0.2, 0.25) is 0 Å². The Bertz CT molecular complexity index is 443. The van der Waals surface area contributed by atoms with E-state index >= 15 is 0 Å². The summed E-state index contributed by atoms with van der Waals surface area (Å²) in [5.41, 5.74) is 2.29. The van der Waals surface area contributed by atoms with Gasteiger partial charge >= 0.3 is 0 Å². The third kappa shape index (κ3) is 3.87. The molecule has 87 valence electrons. The molecule has 1 radical (unpaired) electrons. The van der Waals surface area contributed by atoms with Gasteiger partial charge in [0.25, 0.3) is 0 Å². The van der Waals surface area contributed by atoms with Crippen LogP contribution in [0.3, 0.4) is 0 Å². The van der Waals surface area contributed by atoms with Crippen LogP contribution in [0.2, 0.25) is 0 Å². The molecule has 0 bridgehead atoms. The molecule has 0 spiro atoms. The van der Waals surface area contributed by atoms with Gasteiger partial charge in [-0.05, 0) is 5.30 Å². The fourth-order valence-corrected chi connectivity index (χ4v) is 1.60. The van der Waals surface area contributed by atoms with E-state index in [1.807, 2.05) is 27.0 Å². The van der Waals surface area contributed by atoms with Gasteiger partial charge < -0.3 is 0 Å². The topological polar surface area (TPSA) is 12.9 Å². The van der Waals surface area contributed by atoms with Gasteiger partial charge in [0, 0.05) is 32.1 Å². The van der Waals surface area contributed by atoms with E-state index in [2.05, 4.69) is 44.9 Å². The zero-order valence-corrected chi connectivity index (χ0v) is 13.7. The molecule has 3 heteroatoms. The minimum Gasteiger partial charge on any atom is -0.258 e. The molecule has 1 heterocycles. The van der Waals surface area contributed by atoms with E-state index in [4.69, 9.17) is 0 Å². The summed E-state index contributed by atoms with van der Waals surface area (Å²) >= 11 is 0. The van der Waals surface area contributed by atoms with Gasteiger partial charge in [-0.3, -0.25) is 4.98 Å². The van der Waals surface area contributed by atoms with Crippen LogP contribution in [0.5, 0.6) is 0 Å². The quantitative estimate of drug-likeness (QED) is 0.525. The Labute approximate surface area is 114 Å². The Morgan fingerprint density at radius 3 is 2.50 bits per heavy atom. The molecular formula is C13H17NPRe-. The number of benzene rings is 1. The van der Waals surface area contributed by atoms with Crippen LogP contribution in [0.25, 0.3) is 10.9 Å². The molecule has 1 aromatic heterocycles. The summed E-state index contributed by atoms with van der Waals surface area (Å²) in [6.07, 6.45) is 3.96. The summed E-state index contributed by atoms with van der Waals surface area (Å²) in [5, 5.41) is 2.32. The van der Waals surface area contributed by atoms with Crippen molar-refractivity contribution in [3.63, 3.8) is 0 Å².